The van der Waals surface area contributed by atoms with Crippen LogP contribution in [0.1, 0.15) is 21.5 Å². The Labute approximate surface area is 168 Å². The van der Waals surface area contributed by atoms with E-state index in [-0.39, 0.29) is 16.2 Å². The average molecular weight is 410 g/mol. The highest BCUT2D eigenvalue weighted by Crippen LogP contribution is 2.22. The summed E-state index contributed by atoms with van der Waals surface area (Å²) in [5.41, 5.74) is 4.91. The molecule has 148 valence electrons. The van der Waals surface area contributed by atoms with E-state index in [1.165, 1.54) is 36.5 Å². The van der Waals surface area contributed by atoms with Crippen LogP contribution in [0.25, 0.3) is 0 Å². The summed E-state index contributed by atoms with van der Waals surface area (Å²) in [7, 11) is -3.98. The number of hydrogen-bond donors (Lipinski definition) is 2. The SMILES string of the molecule is Cc1ccc(S(=O)(=O)Oc2ccccc2/C=N\Nc2ccc(C(=O)O)cc2)cc1. The van der Waals surface area contributed by atoms with Gasteiger partial charge in [0.25, 0.3) is 0 Å². The topological polar surface area (TPSA) is 105 Å². The van der Waals surface area contributed by atoms with Gasteiger partial charge in [-0.2, -0.15) is 13.5 Å². The molecule has 0 aliphatic rings. The van der Waals surface area contributed by atoms with Gasteiger partial charge in [0.1, 0.15) is 4.90 Å². The van der Waals surface area contributed by atoms with E-state index in [1.807, 2.05) is 6.92 Å². The van der Waals surface area contributed by atoms with Crippen LogP contribution in [0.15, 0.2) is 82.8 Å². The highest BCUT2D eigenvalue weighted by Gasteiger charge is 2.17. The van der Waals surface area contributed by atoms with Crippen LogP contribution in [0.3, 0.4) is 0 Å². The van der Waals surface area contributed by atoms with Crippen molar-refractivity contribution in [3.8, 4) is 5.75 Å². The van der Waals surface area contributed by atoms with Crippen LogP contribution in [0.5, 0.6) is 5.75 Å². The first-order valence-corrected chi connectivity index (χ1v) is 9.98. The molecule has 0 radical (unpaired) electrons. The Morgan fingerprint density at radius 2 is 1.66 bits per heavy atom. The number of carbonyl (C=O) groups is 1. The number of carboxylic acids is 1. The predicted molar refractivity (Wildman–Crippen MR) is 110 cm³/mol. The van der Waals surface area contributed by atoms with Crippen molar-refractivity contribution in [2.75, 3.05) is 5.43 Å². The van der Waals surface area contributed by atoms with E-state index in [1.54, 1.807) is 42.5 Å². The molecular weight excluding hydrogens is 392 g/mol. The highest BCUT2D eigenvalue weighted by atomic mass is 32.2. The maximum absolute atomic E-state index is 12.5. The van der Waals surface area contributed by atoms with Crippen LogP contribution in [0.2, 0.25) is 0 Å². The third-order valence-corrected chi connectivity index (χ3v) is 5.21. The van der Waals surface area contributed by atoms with Crippen LogP contribution in [-0.2, 0) is 10.1 Å². The maximum atomic E-state index is 12.5. The van der Waals surface area contributed by atoms with E-state index in [0.29, 0.717) is 11.3 Å². The second-order valence-corrected chi connectivity index (χ2v) is 7.69. The zero-order chi connectivity index (χ0) is 20.9. The fourth-order valence-electron chi connectivity index (χ4n) is 2.40. The Morgan fingerprint density at radius 1 is 1.00 bits per heavy atom. The molecule has 0 aliphatic heterocycles. The summed E-state index contributed by atoms with van der Waals surface area (Å²) in [5.74, 6) is -0.874. The van der Waals surface area contributed by atoms with Gasteiger partial charge >= 0.3 is 16.1 Å². The van der Waals surface area contributed by atoms with Crippen molar-refractivity contribution in [3.05, 3.63) is 89.5 Å². The number of rotatable bonds is 7. The molecule has 29 heavy (non-hydrogen) atoms. The number of hydrogen-bond acceptors (Lipinski definition) is 6. The van der Waals surface area contributed by atoms with Gasteiger partial charge in [0, 0.05) is 5.56 Å². The number of benzene rings is 3. The zero-order valence-corrected chi connectivity index (χ0v) is 16.3. The van der Waals surface area contributed by atoms with E-state index >= 15 is 0 Å². The molecule has 0 atom stereocenters. The largest absolute Gasteiger partial charge is 0.478 e. The molecule has 0 heterocycles. The van der Waals surface area contributed by atoms with Crippen molar-refractivity contribution >= 4 is 28.0 Å². The van der Waals surface area contributed by atoms with Gasteiger partial charge in [0.2, 0.25) is 0 Å². The van der Waals surface area contributed by atoms with Crippen LogP contribution < -0.4 is 9.61 Å². The maximum Gasteiger partial charge on any atom is 0.339 e. The Hall–Kier alpha value is -3.65. The fourth-order valence-corrected chi connectivity index (χ4v) is 3.35. The lowest BCUT2D eigenvalue weighted by Gasteiger charge is -2.09. The second-order valence-electron chi connectivity index (χ2n) is 6.14. The Kier molecular flexibility index (Phi) is 5.94. The van der Waals surface area contributed by atoms with E-state index < -0.39 is 16.1 Å². The Balaban J connectivity index is 1.75. The summed E-state index contributed by atoms with van der Waals surface area (Å²) < 4.78 is 30.3. The summed E-state index contributed by atoms with van der Waals surface area (Å²) in [5, 5.41) is 13.0. The van der Waals surface area contributed by atoms with Gasteiger partial charge in [-0.3, -0.25) is 5.43 Å². The van der Waals surface area contributed by atoms with Gasteiger partial charge in [0.15, 0.2) is 5.75 Å². The number of para-hydroxylation sites is 1. The van der Waals surface area contributed by atoms with Gasteiger partial charge < -0.3 is 9.29 Å². The molecule has 3 aromatic rings. The van der Waals surface area contributed by atoms with E-state index in [2.05, 4.69) is 10.5 Å². The van der Waals surface area contributed by atoms with Crippen molar-refractivity contribution in [2.45, 2.75) is 11.8 Å². The normalized spacial score (nSPS) is 11.3. The molecule has 0 amide bonds. The van der Waals surface area contributed by atoms with Crippen LogP contribution in [-0.4, -0.2) is 25.7 Å². The average Bonchev–Trinajstić information content (AvgIpc) is 2.70. The number of carboxylic acid groups (broad SMARTS) is 1. The molecule has 0 bridgehead atoms. The first-order chi connectivity index (χ1) is 13.8. The lowest BCUT2D eigenvalue weighted by Crippen LogP contribution is -2.11. The van der Waals surface area contributed by atoms with Gasteiger partial charge in [-0.05, 0) is 55.5 Å². The lowest BCUT2D eigenvalue weighted by molar-refractivity contribution is 0.0697. The third-order valence-electron chi connectivity index (χ3n) is 3.96. The number of hydrazone groups is 1. The number of aromatic carboxylic acids is 1. The number of nitrogens with one attached hydrogen (secondary N) is 1. The first-order valence-electron chi connectivity index (χ1n) is 8.58. The minimum absolute atomic E-state index is 0.0616. The van der Waals surface area contributed by atoms with Gasteiger partial charge in [0.05, 0.1) is 17.5 Å². The summed E-state index contributed by atoms with van der Waals surface area (Å²) in [6, 6.07) is 19.0. The van der Waals surface area contributed by atoms with E-state index in [0.717, 1.165) is 5.56 Å². The highest BCUT2D eigenvalue weighted by molar-refractivity contribution is 7.87. The standard InChI is InChI=1S/C21H18N2O5S/c1-15-6-12-19(13-7-15)29(26,27)28-20-5-3-2-4-17(20)14-22-23-18-10-8-16(9-11-18)21(24)25/h2-14,23H,1H3,(H,24,25)/b22-14-. The number of nitrogens with zero attached hydrogens (tertiary/aromatic N) is 1. The van der Waals surface area contributed by atoms with E-state index in [4.69, 9.17) is 9.29 Å². The van der Waals surface area contributed by atoms with Crippen molar-refractivity contribution < 1.29 is 22.5 Å². The third kappa shape index (κ3) is 5.20. The molecule has 0 fully saturated rings. The molecule has 0 aromatic heterocycles. The molecule has 0 unspecified atom stereocenters. The molecule has 2 N–H and O–H groups in total. The summed E-state index contributed by atoms with van der Waals surface area (Å²) in [4.78, 5) is 10.9. The number of anilines is 1. The fraction of sp³-hybridized carbons (Fsp3) is 0.0476. The van der Waals surface area contributed by atoms with Crippen LogP contribution >= 0.6 is 0 Å². The Morgan fingerprint density at radius 3 is 2.31 bits per heavy atom. The molecule has 3 rings (SSSR count). The smallest absolute Gasteiger partial charge is 0.339 e. The molecule has 0 aliphatic carbocycles. The summed E-state index contributed by atoms with van der Waals surface area (Å²) in [6.45, 7) is 1.87. The molecule has 7 nitrogen and oxygen atoms in total. The Bertz CT molecular complexity index is 1140. The van der Waals surface area contributed by atoms with Crippen molar-refractivity contribution in [1.82, 2.24) is 0 Å². The van der Waals surface area contributed by atoms with Gasteiger partial charge in [-0.1, -0.05) is 29.8 Å². The molecular formula is C21H18N2O5S. The van der Waals surface area contributed by atoms with Crippen molar-refractivity contribution in [2.24, 2.45) is 5.10 Å². The van der Waals surface area contributed by atoms with Crippen molar-refractivity contribution in [3.63, 3.8) is 0 Å². The lowest BCUT2D eigenvalue weighted by atomic mass is 10.2. The van der Waals surface area contributed by atoms with Crippen molar-refractivity contribution in [1.29, 1.82) is 0 Å². The van der Waals surface area contributed by atoms with Crippen LogP contribution in [0, 0.1) is 6.92 Å². The summed E-state index contributed by atoms with van der Waals surface area (Å²) >= 11 is 0. The van der Waals surface area contributed by atoms with E-state index in [9.17, 15) is 13.2 Å². The molecule has 8 heteroatoms. The molecule has 0 saturated heterocycles. The predicted octanol–water partition coefficient (Wildman–Crippen LogP) is 3.91. The quantitative estimate of drug-likeness (QED) is 0.348. The zero-order valence-electron chi connectivity index (χ0n) is 15.4. The van der Waals surface area contributed by atoms with Gasteiger partial charge in [-0.25, -0.2) is 4.79 Å². The monoisotopic (exact) mass is 410 g/mol. The minimum atomic E-state index is -3.98. The van der Waals surface area contributed by atoms with Crippen LogP contribution in [0.4, 0.5) is 5.69 Å². The summed E-state index contributed by atoms with van der Waals surface area (Å²) in [6.07, 6.45) is 1.42. The molecule has 0 saturated carbocycles. The molecule has 0 spiro atoms. The number of aryl methyl sites for hydroxylation is 1. The first kappa shape index (κ1) is 20.1. The minimum Gasteiger partial charge on any atom is -0.478 e. The van der Waals surface area contributed by atoms with Gasteiger partial charge in [-0.15, -0.1) is 0 Å². The second kappa shape index (κ2) is 8.57. The molecule has 3 aromatic carbocycles.